The van der Waals surface area contributed by atoms with E-state index in [0.29, 0.717) is 23.4 Å². The lowest BCUT2D eigenvalue weighted by Gasteiger charge is -2.15. The third kappa shape index (κ3) is 3.64. The fourth-order valence-electron chi connectivity index (χ4n) is 2.55. The van der Waals surface area contributed by atoms with Crippen LogP contribution in [0.1, 0.15) is 23.2 Å². The van der Waals surface area contributed by atoms with Crippen LogP contribution in [0.15, 0.2) is 47.4 Å². The van der Waals surface area contributed by atoms with Gasteiger partial charge in [-0.05, 0) is 48.9 Å². The van der Waals surface area contributed by atoms with Crippen LogP contribution < -0.4 is 4.90 Å². The number of carbonyl (C=O) groups is 2. The Labute approximate surface area is 142 Å². The lowest BCUT2D eigenvalue weighted by Crippen LogP contribution is -2.23. The summed E-state index contributed by atoms with van der Waals surface area (Å²) in [5.41, 5.74) is 1.32. The highest BCUT2D eigenvalue weighted by Gasteiger charge is 2.21. The second-order valence-corrected chi connectivity index (χ2v) is 6.53. The first-order chi connectivity index (χ1) is 11.5. The maximum atomic E-state index is 13.1. The molecule has 3 nitrogen and oxygen atoms in total. The molecule has 6 heteroatoms. The molecule has 0 bridgehead atoms. The number of halogens is 2. The predicted molar refractivity (Wildman–Crippen MR) is 89.4 cm³/mol. The van der Waals surface area contributed by atoms with Crippen molar-refractivity contribution in [1.82, 2.24) is 0 Å². The molecule has 0 saturated carbocycles. The van der Waals surface area contributed by atoms with Crippen LogP contribution in [0.3, 0.4) is 0 Å². The molecule has 1 fully saturated rings. The van der Waals surface area contributed by atoms with Crippen molar-refractivity contribution < 1.29 is 18.4 Å². The molecule has 1 saturated heterocycles. The molecule has 0 unspecified atom stereocenters. The van der Waals surface area contributed by atoms with Gasteiger partial charge in [-0.15, -0.1) is 11.8 Å². The van der Waals surface area contributed by atoms with Gasteiger partial charge >= 0.3 is 0 Å². The van der Waals surface area contributed by atoms with Gasteiger partial charge in [-0.3, -0.25) is 9.59 Å². The molecule has 2 aromatic rings. The lowest BCUT2D eigenvalue weighted by molar-refractivity contribution is -0.117. The smallest absolute Gasteiger partial charge is 0.227 e. The Kier molecular flexibility index (Phi) is 4.94. The minimum Gasteiger partial charge on any atom is -0.312 e. The Balaban J connectivity index is 1.62. The zero-order valence-electron chi connectivity index (χ0n) is 12.8. The van der Waals surface area contributed by atoms with E-state index in [9.17, 15) is 18.4 Å². The number of rotatable bonds is 5. The van der Waals surface area contributed by atoms with Crippen LogP contribution in [-0.4, -0.2) is 24.0 Å². The van der Waals surface area contributed by atoms with Crippen LogP contribution in [-0.2, 0) is 4.79 Å². The number of benzene rings is 2. The summed E-state index contributed by atoms with van der Waals surface area (Å²) in [5.74, 6) is -1.70. The average Bonchev–Trinajstić information content (AvgIpc) is 3.02. The largest absolute Gasteiger partial charge is 0.312 e. The summed E-state index contributed by atoms with van der Waals surface area (Å²) < 4.78 is 26.0. The number of Topliss-reactive ketones (excluding diaryl/α,β-unsaturated/α-hetero) is 1. The Morgan fingerprint density at radius 2 is 1.83 bits per heavy atom. The first-order valence-electron chi connectivity index (χ1n) is 7.56. The fourth-order valence-corrected chi connectivity index (χ4v) is 3.36. The zero-order valence-corrected chi connectivity index (χ0v) is 13.6. The summed E-state index contributed by atoms with van der Waals surface area (Å²) >= 11 is 1.16. The van der Waals surface area contributed by atoms with Crippen LogP contribution in [0.2, 0.25) is 0 Å². The molecule has 0 N–H and O–H groups in total. The zero-order chi connectivity index (χ0) is 17.1. The SMILES string of the molecule is O=C(CSc1ccc(F)c(F)c1)c1ccc(N2CCCC2=O)cc1. The maximum Gasteiger partial charge on any atom is 0.227 e. The number of anilines is 1. The number of hydrogen-bond acceptors (Lipinski definition) is 3. The van der Waals surface area contributed by atoms with Crippen molar-refractivity contribution in [2.75, 3.05) is 17.2 Å². The van der Waals surface area contributed by atoms with Crippen molar-refractivity contribution in [3.8, 4) is 0 Å². The second-order valence-electron chi connectivity index (χ2n) is 5.48. The van der Waals surface area contributed by atoms with Crippen molar-refractivity contribution in [2.24, 2.45) is 0 Å². The average molecular weight is 347 g/mol. The molecule has 1 heterocycles. The first-order valence-corrected chi connectivity index (χ1v) is 8.54. The van der Waals surface area contributed by atoms with E-state index < -0.39 is 11.6 Å². The summed E-state index contributed by atoms with van der Waals surface area (Å²) in [4.78, 5) is 26.1. The molecular weight excluding hydrogens is 332 g/mol. The van der Waals surface area contributed by atoms with E-state index in [1.807, 2.05) is 0 Å². The number of carbonyl (C=O) groups excluding carboxylic acids is 2. The predicted octanol–water partition coefficient (Wildman–Crippen LogP) is 4.07. The highest BCUT2D eigenvalue weighted by molar-refractivity contribution is 8.00. The van der Waals surface area contributed by atoms with Crippen LogP contribution >= 0.6 is 11.8 Å². The molecule has 1 aliphatic rings. The number of thioether (sulfide) groups is 1. The van der Waals surface area contributed by atoms with Gasteiger partial charge in [0, 0.05) is 29.1 Å². The molecule has 0 aromatic heterocycles. The van der Waals surface area contributed by atoms with E-state index in [-0.39, 0.29) is 17.4 Å². The third-order valence-corrected chi connectivity index (χ3v) is 4.83. The fraction of sp³-hybridized carbons (Fsp3) is 0.222. The Hall–Kier alpha value is -2.21. The molecule has 24 heavy (non-hydrogen) atoms. The minimum absolute atomic E-state index is 0.1000. The van der Waals surface area contributed by atoms with Gasteiger partial charge in [0.25, 0.3) is 0 Å². The highest BCUT2D eigenvalue weighted by atomic mass is 32.2. The van der Waals surface area contributed by atoms with E-state index in [0.717, 1.165) is 36.0 Å². The summed E-state index contributed by atoms with van der Waals surface area (Å²) in [6, 6.07) is 10.5. The van der Waals surface area contributed by atoms with Gasteiger partial charge in [0.15, 0.2) is 17.4 Å². The Morgan fingerprint density at radius 1 is 1.08 bits per heavy atom. The normalized spacial score (nSPS) is 14.2. The topological polar surface area (TPSA) is 37.4 Å². The number of amides is 1. The van der Waals surface area contributed by atoms with Gasteiger partial charge in [0.1, 0.15) is 0 Å². The van der Waals surface area contributed by atoms with Crippen molar-refractivity contribution in [3.05, 3.63) is 59.7 Å². The number of ketones is 1. The van der Waals surface area contributed by atoms with Gasteiger partial charge in [0.2, 0.25) is 5.91 Å². The van der Waals surface area contributed by atoms with Gasteiger partial charge in [-0.2, -0.15) is 0 Å². The third-order valence-electron chi connectivity index (χ3n) is 3.84. The van der Waals surface area contributed by atoms with E-state index in [1.54, 1.807) is 29.2 Å². The van der Waals surface area contributed by atoms with Crippen molar-refractivity contribution in [2.45, 2.75) is 17.7 Å². The van der Waals surface area contributed by atoms with Crippen molar-refractivity contribution >= 4 is 29.1 Å². The molecule has 3 rings (SSSR count). The highest BCUT2D eigenvalue weighted by Crippen LogP contribution is 2.24. The summed E-state index contributed by atoms with van der Waals surface area (Å²) in [6.45, 7) is 0.706. The van der Waals surface area contributed by atoms with Crippen LogP contribution in [0.5, 0.6) is 0 Å². The number of nitrogens with zero attached hydrogens (tertiary/aromatic N) is 1. The summed E-state index contributed by atoms with van der Waals surface area (Å²) in [6.07, 6.45) is 1.41. The summed E-state index contributed by atoms with van der Waals surface area (Å²) in [7, 11) is 0. The van der Waals surface area contributed by atoms with E-state index in [4.69, 9.17) is 0 Å². The van der Waals surface area contributed by atoms with Gasteiger partial charge in [0.05, 0.1) is 5.75 Å². The quantitative estimate of drug-likeness (QED) is 0.604. The van der Waals surface area contributed by atoms with E-state index in [2.05, 4.69) is 0 Å². The monoisotopic (exact) mass is 347 g/mol. The van der Waals surface area contributed by atoms with Crippen molar-refractivity contribution in [1.29, 1.82) is 0 Å². The van der Waals surface area contributed by atoms with E-state index in [1.165, 1.54) is 6.07 Å². The molecule has 0 atom stereocenters. The van der Waals surface area contributed by atoms with E-state index >= 15 is 0 Å². The van der Waals surface area contributed by atoms with Crippen LogP contribution in [0.25, 0.3) is 0 Å². The molecular formula is C18H15F2NO2S. The number of hydrogen-bond donors (Lipinski definition) is 0. The van der Waals surface area contributed by atoms with Crippen LogP contribution in [0.4, 0.5) is 14.5 Å². The maximum absolute atomic E-state index is 13.1. The van der Waals surface area contributed by atoms with Gasteiger partial charge in [-0.1, -0.05) is 0 Å². The summed E-state index contributed by atoms with van der Waals surface area (Å²) in [5, 5.41) is 0. The first kappa shape index (κ1) is 16.6. The molecule has 0 spiro atoms. The van der Waals surface area contributed by atoms with Crippen LogP contribution in [0, 0.1) is 11.6 Å². The second kappa shape index (κ2) is 7.13. The molecule has 0 radical (unpaired) electrons. The Bertz CT molecular complexity index is 777. The molecule has 124 valence electrons. The molecule has 2 aromatic carbocycles. The minimum atomic E-state index is -0.924. The Morgan fingerprint density at radius 3 is 2.46 bits per heavy atom. The molecule has 1 aliphatic heterocycles. The van der Waals surface area contributed by atoms with Crippen molar-refractivity contribution in [3.63, 3.8) is 0 Å². The standard InChI is InChI=1S/C18H15F2NO2S/c19-15-8-7-14(10-16(15)20)24-11-17(22)12-3-5-13(6-4-12)21-9-1-2-18(21)23/h3-8,10H,1-2,9,11H2. The molecule has 0 aliphatic carbocycles. The molecule has 1 amide bonds. The van der Waals surface area contributed by atoms with Gasteiger partial charge < -0.3 is 4.90 Å². The lowest BCUT2D eigenvalue weighted by atomic mass is 10.1. The van der Waals surface area contributed by atoms with Gasteiger partial charge in [-0.25, -0.2) is 8.78 Å².